The van der Waals surface area contributed by atoms with Crippen molar-refractivity contribution >= 4 is 42.3 Å². The fraction of sp³-hybridized carbons (Fsp3) is 0.533. The van der Waals surface area contributed by atoms with E-state index >= 15 is 0 Å². The van der Waals surface area contributed by atoms with Gasteiger partial charge in [0.25, 0.3) is 0 Å². The Morgan fingerprint density at radius 1 is 1.22 bits per heavy atom. The number of piperazine rings is 1. The van der Waals surface area contributed by atoms with Gasteiger partial charge in [-0.15, -0.1) is 24.8 Å². The molecule has 4 nitrogen and oxygen atoms in total. The van der Waals surface area contributed by atoms with E-state index in [1.807, 2.05) is 4.90 Å². The van der Waals surface area contributed by atoms with Gasteiger partial charge in [-0.2, -0.15) is 0 Å². The average Bonchev–Trinajstić information content (AvgIpc) is 2.48. The quantitative estimate of drug-likeness (QED) is 0.846. The van der Waals surface area contributed by atoms with E-state index in [1.54, 1.807) is 6.07 Å². The smallest absolute Gasteiger partial charge is 0.222 e. The molecule has 0 atom stereocenters. The van der Waals surface area contributed by atoms with Crippen molar-refractivity contribution < 1.29 is 9.18 Å². The summed E-state index contributed by atoms with van der Waals surface area (Å²) in [6.07, 6.45) is 1.27. The molecule has 1 fully saturated rings. The zero-order valence-electron chi connectivity index (χ0n) is 12.8. The molecule has 8 heteroatoms. The van der Waals surface area contributed by atoms with Crippen molar-refractivity contribution in [2.24, 2.45) is 5.73 Å². The second-order valence-corrected chi connectivity index (χ2v) is 5.69. The van der Waals surface area contributed by atoms with Gasteiger partial charge in [-0.1, -0.05) is 17.7 Å². The Bertz CT molecular complexity index is 497. The van der Waals surface area contributed by atoms with Crippen LogP contribution in [0.2, 0.25) is 5.02 Å². The Morgan fingerprint density at radius 3 is 2.43 bits per heavy atom. The summed E-state index contributed by atoms with van der Waals surface area (Å²) in [5.74, 6) is -0.140. The van der Waals surface area contributed by atoms with Crippen molar-refractivity contribution in [1.29, 1.82) is 0 Å². The highest BCUT2D eigenvalue weighted by Gasteiger charge is 2.21. The van der Waals surface area contributed by atoms with E-state index in [9.17, 15) is 9.18 Å². The molecule has 1 aliphatic heterocycles. The number of hydrogen-bond acceptors (Lipinski definition) is 3. The number of amides is 1. The molecule has 2 rings (SSSR count). The van der Waals surface area contributed by atoms with Crippen LogP contribution in [0.3, 0.4) is 0 Å². The molecule has 0 aromatic heterocycles. The lowest BCUT2D eigenvalue weighted by molar-refractivity contribution is -0.133. The van der Waals surface area contributed by atoms with E-state index in [1.165, 1.54) is 12.1 Å². The molecule has 2 N–H and O–H groups in total. The zero-order chi connectivity index (χ0) is 15.2. The molecule has 1 aromatic rings. The van der Waals surface area contributed by atoms with Crippen molar-refractivity contribution in [3.05, 3.63) is 34.6 Å². The van der Waals surface area contributed by atoms with Gasteiger partial charge in [0.2, 0.25) is 5.91 Å². The summed E-state index contributed by atoms with van der Waals surface area (Å²) in [7, 11) is 0. The number of nitrogens with two attached hydrogens (primary N) is 1. The predicted octanol–water partition coefficient (Wildman–Crippen LogP) is 2.71. The lowest BCUT2D eigenvalue weighted by Gasteiger charge is -2.35. The van der Waals surface area contributed by atoms with Gasteiger partial charge in [0.05, 0.1) is 0 Å². The average molecular weight is 387 g/mol. The van der Waals surface area contributed by atoms with Gasteiger partial charge in [0.1, 0.15) is 5.82 Å². The highest BCUT2D eigenvalue weighted by molar-refractivity contribution is 6.31. The molecule has 23 heavy (non-hydrogen) atoms. The van der Waals surface area contributed by atoms with E-state index in [2.05, 4.69) is 4.90 Å². The fourth-order valence-electron chi connectivity index (χ4n) is 2.46. The van der Waals surface area contributed by atoms with E-state index in [-0.39, 0.29) is 36.5 Å². The highest BCUT2D eigenvalue weighted by atomic mass is 35.5. The SMILES string of the molecule is Cl.Cl.NCCCC(=O)N1CCN(Cc2ccc(F)cc2Cl)CC1. The monoisotopic (exact) mass is 385 g/mol. The Hall–Kier alpha value is -0.590. The van der Waals surface area contributed by atoms with Crippen LogP contribution in [-0.2, 0) is 11.3 Å². The van der Waals surface area contributed by atoms with Gasteiger partial charge in [0, 0.05) is 44.2 Å². The predicted molar refractivity (Wildman–Crippen MR) is 96.1 cm³/mol. The van der Waals surface area contributed by atoms with Gasteiger partial charge in [-0.25, -0.2) is 4.39 Å². The summed E-state index contributed by atoms with van der Waals surface area (Å²) < 4.78 is 13.0. The van der Waals surface area contributed by atoms with E-state index in [0.717, 1.165) is 38.2 Å². The first-order valence-corrected chi connectivity index (χ1v) is 7.62. The Balaban J connectivity index is 0.00000242. The van der Waals surface area contributed by atoms with Crippen LogP contribution < -0.4 is 5.73 Å². The molecule has 0 aliphatic carbocycles. The highest BCUT2D eigenvalue weighted by Crippen LogP contribution is 2.19. The van der Waals surface area contributed by atoms with Crippen LogP contribution in [0.25, 0.3) is 0 Å². The van der Waals surface area contributed by atoms with Gasteiger partial charge in [0.15, 0.2) is 0 Å². The molecule has 1 heterocycles. The number of hydrogen-bond donors (Lipinski definition) is 1. The third-order valence-corrected chi connectivity index (χ3v) is 4.08. The Morgan fingerprint density at radius 2 is 1.87 bits per heavy atom. The molecule has 1 aromatic carbocycles. The maximum Gasteiger partial charge on any atom is 0.222 e. The summed E-state index contributed by atoms with van der Waals surface area (Å²) in [6.45, 7) is 4.30. The maximum absolute atomic E-state index is 13.0. The number of carbonyl (C=O) groups excluding carboxylic acids is 1. The molecule has 0 radical (unpaired) electrons. The first kappa shape index (κ1) is 22.4. The first-order chi connectivity index (χ1) is 10.1. The number of carbonyl (C=O) groups is 1. The van der Waals surface area contributed by atoms with E-state index in [4.69, 9.17) is 17.3 Å². The molecule has 132 valence electrons. The lowest BCUT2D eigenvalue weighted by Crippen LogP contribution is -2.48. The fourth-order valence-corrected chi connectivity index (χ4v) is 2.68. The van der Waals surface area contributed by atoms with Crippen LogP contribution in [0.5, 0.6) is 0 Å². The van der Waals surface area contributed by atoms with Gasteiger partial charge < -0.3 is 10.6 Å². The third-order valence-electron chi connectivity index (χ3n) is 3.73. The minimum absolute atomic E-state index is 0. The summed E-state index contributed by atoms with van der Waals surface area (Å²) in [5, 5.41) is 0.455. The third kappa shape index (κ3) is 6.81. The summed E-state index contributed by atoms with van der Waals surface area (Å²) in [6, 6.07) is 4.48. The normalized spacial score (nSPS) is 14.8. The number of rotatable bonds is 5. The van der Waals surface area contributed by atoms with Crippen molar-refractivity contribution in [3.63, 3.8) is 0 Å². The Kier molecular flexibility index (Phi) is 10.8. The van der Waals surface area contributed by atoms with Gasteiger partial charge in [-0.05, 0) is 30.7 Å². The molecule has 0 spiro atoms. The minimum atomic E-state index is -0.320. The van der Waals surface area contributed by atoms with Gasteiger partial charge in [-0.3, -0.25) is 9.69 Å². The van der Waals surface area contributed by atoms with Crippen LogP contribution in [0.4, 0.5) is 4.39 Å². The maximum atomic E-state index is 13.0. The van der Waals surface area contributed by atoms with Crippen LogP contribution in [0.15, 0.2) is 18.2 Å². The summed E-state index contributed by atoms with van der Waals surface area (Å²) in [4.78, 5) is 16.0. The molecular formula is C15H23Cl3FN3O. The number of nitrogens with zero attached hydrogens (tertiary/aromatic N) is 2. The molecular weight excluding hydrogens is 364 g/mol. The standard InChI is InChI=1S/C15H21ClFN3O.2ClH/c16-14-10-13(17)4-3-12(14)11-19-6-8-20(9-7-19)15(21)2-1-5-18;;/h3-4,10H,1-2,5-9,11,18H2;2*1H. The van der Waals surface area contributed by atoms with Crippen LogP contribution in [0, 0.1) is 5.82 Å². The summed E-state index contributed by atoms with van der Waals surface area (Å²) in [5.41, 5.74) is 6.34. The first-order valence-electron chi connectivity index (χ1n) is 7.24. The molecule has 1 aliphatic rings. The van der Waals surface area contributed by atoms with Crippen LogP contribution in [0.1, 0.15) is 18.4 Å². The molecule has 1 amide bonds. The van der Waals surface area contributed by atoms with E-state index in [0.29, 0.717) is 24.5 Å². The molecule has 0 unspecified atom stereocenters. The van der Waals surface area contributed by atoms with Crippen LogP contribution >= 0.6 is 36.4 Å². The molecule has 1 saturated heterocycles. The van der Waals surface area contributed by atoms with E-state index < -0.39 is 0 Å². The second kappa shape index (κ2) is 11.0. The van der Waals surface area contributed by atoms with Gasteiger partial charge >= 0.3 is 0 Å². The minimum Gasteiger partial charge on any atom is -0.340 e. The van der Waals surface area contributed by atoms with Crippen molar-refractivity contribution in [2.45, 2.75) is 19.4 Å². The van der Waals surface area contributed by atoms with Crippen LogP contribution in [-0.4, -0.2) is 48.4 Å². The zero-order valence-corrected chi connectivity index (χ0v) is 15.2. The van der Waals surface area contributed by atoms with Crippen molar-refractivity contribution in [3.8, 4) is 0 Å². The van der Waals surface area contributed by atoms with Crippen molar-refractivity contribution in [1.82, 2.24) is 9.80 Å². The molecule has 0 bridgehead atoms. The molecule has 0 saturated carbocycles. The number of benzene rings is 1. The largest absolute Gasteiger partial charge is 0.340 e. The number of halogens is 4. The second-order valence-electron chi connectivity index (χ2n) is 5.28. The summed E-state index contributed by atoms with van der Waals surface area (Å²) >= 11 is 6.04. The lowest BCUT2D eigenvalue weighted by atomic mass is 10.2. The topological polar surface area (TPSA) is 49.6 Å². The Labute approximate surface area is 154 Å². The van der Waals surface area contributed by atoms with Crippen molar-refractivity contribution in [2.75, 3.05) is 32.7 Å².